The van der Waals surface area contributed by atoms with Gasteiger partial charge in [0, 0.05) is 13.0 Å². The molecule has 0 aromatic carbocycles. The standard InChI is InChI=1S/C10H20O2/c1-8(2)6-9-7-10(3,11)4-5-12-9/h8-9,11H,4-7H2,1-3H3/t9-,10?/m1/s1. The Labute approximate surface area is 74.9 Å². The summed E-state index contributed by atoms with van der Waals surface area (Å²) in [6.07, 6.45) is 2.91. The lowest BCUT2D eigenvalue weighted by atomic mass is 9.89. The van der Waals surface area contributed by atoms with E-state index in [0.717, 1.165) is 19.3 Å². The molecule has 1 unspecified atom stereocenters. The zero-order valence-electron chi connectivity index (χ0n) is 8.34. The SMILES string of the molecule is CC(C)C[C@@H]1CC(C)(O)CCO1. The van der Waals surface area contributed by atoms with Crippen LogP contribution in [0.25, 0.3) is 0 Å². The van der Waals surface area contributed by atoms with Crippen molar-refractivity contribution in [2.45, 2.75) is 51.7 Å². The number of rotatable bonds is 2. The Balaban J connectivity index is 2.36. The molecule has 0 amide bonds. The molecule has 0 aromatic rings. The molecule has 0 radical (unpaired) electrons. The maximum absolute atomic E-state index is 9.78. The summed E-state index contributed by atoms with van der Waals surface area (Å²) < 4.78 is 5.56. The van der Waals surface area contributed by atoms with E-state index in [4.69, 9.17) is 4.74 Å². The molecule has 1 heterocycles. The van der Waals surface area contributed by atoms with Crippen LogP contribution in [0.2, 0.25) is 0 Å². The van der Waals surface area contributed by atoms with Crippen molar-refractivity contribution >= 4 is 0 Å². The van der Waals surface area contributed by atoms with Crippen molar-refractivity contribution in [1.82, 2.24) is 0 Å². The molecular formula is C10H20O2. The topological polar surface area (TPSA) is 29.5 Å². The van der Waals surface area contributed by atoms with E-state index in [-0.39, 0.29) is 6.10 Å². The highest BCUT2D eigenvalue weighted by atomic mass is 16.5. The first-order valence-electron chi connectivity index (χ1n) is 4.83. The van der Waals surface area contributed by atoms with Crippen LogP contribution in [0.1, 0.15) is 40.0 Å². The predicted octanol–water partition coefficient (Wildman–Crippen LogP) is 1.96. The van der Waals surface area contributed by atoms with E-state index in [0.29, 0.717) is 12.5 Å². The van der Waals surface area contributed by atoms with E-state index in [1.54, 1.807) is 0 Å². The molecule has 72 valence electrons. The Bertz CT molecular complexity index is 141. The first-order valence-corrected chi connectivity index (χ1v) is 4.83. The summed E-state index contributed by atoms with van der Waals surface area (Å²) in [6, 6.07) is 0. The molecule has 2 nitrogen and oxygen atoms in total. The van der Waals surface area contributed by atoms with Crippen LogP contribution in [0.4, 0.5) is 0 Å². The fourth-order valence-corrected chi connectivity index (χ4v) is 1.77. The van der Waals surface area contributed by atoms with Crippen LogP contribution >= 0.6 is 0 Å². The quantitative estimate of drug-likeness (QED) is 0.690. The van der Waals surface area contributed by atoms with Crippen LogP contribution in [-0.2, 0) is 4.74 Å². The number of hydrogen-bond acceptors (Lipinski definition) is 2. The van der Waals surface area contributed by atoms with Crippen molar-refractivity contribution in [3.05, 3.63) is 0 Å². The summed E-state index contributed by atoms with van der Waals surface area (Å²) in [7, 11) is 0. The van der Waals surface area contributed by atoms with E-state index in [1.165, 1.54) is 0 Å². The van der Waals surface area contributed by atoms with E-state index >= 15 is 0 Å². The fourth-order valence-electron chi connectivity index (χ4n) is 1.77. The minimum atomic E-state index is -0.488. The van der Waals surface area contributed by atoms with Crippen LogP contribution in [0.15, 0.2) is 0 Å². The normalized spacial score (nSPS) is 37.2. The molecule has 1 rings (SSSR count). The van der Waals surface area contributed by atoms with Gasteiger partial charge in [0.15, 0.2) is 0 Å². The number of aliphatic hydroxyl groups is 1. The van der Waals surface area contributed by atoms with Crippen molar-refractivity contribution in [3.8, 4) is 0 Å². The average Bonchev–Trinajstić information content (AvgIpc) is 1.82. The van der Waals surface area contributed by atoms with Crippen LogP contribution in [0.3, 0.4) is 0 Å². The summed E-state index contributed by atoms with van der Waals surface area (Å²) in [5.41, 5.74) is -0.488. The second kappa shape index (κ2) is 3.75. The molecule has 1 N–H and O–H groups in total. The van der Waals surface area contributed by atoms with E-state index in [9.17, 15) is 5.11 Å². The molecule has 1 aliphatic rings. The van der Waals surface area contributed by atoms with E-state index in [2.05, 4.69) is 13.8 Å². The summed E-state index contributed by atoms with van der Waals surface area (Å²) in [4.78, 5) is 0. The van der Waals surface area contributed by atoms with Gasteiger partial charge in [0.05, 0.1) is 11.7 Å². The predicted molar refractivity (Wildman–Crippen MR) is 49.1 cm³/mol. The van der Waals surface area contributed by atoms with Gasteiger partial charge in [-0.05, 0) is 25.7 Å². The van der Waals surface area contributed by atoms with Crippen LogP contribution < -0.4 is 0 Å². The van der Waals surface area contributed by atoms with Gasteiger partial charge in [-0.2, -0.15) is 0 Å². The third-order valence-electron chi connectivity index (χ3n) is 2.40. The molecule has 2 atom stereocenters. The molecular weight excluding hydrogens is 152 g/mol. The highest BCUT2D eigenvalue weighted by molar-refractivity contribution is 4.81. The Kier molecular flexibility index (Phi) is 3.13. The molecule has 0 saturated carbocycles. The molecule has 0 spiro atoms. The fraction of sp³-hybridized carbons (Fsp3) is 1.00. The third kappa shape index (κ3) is 3.11. The molecule has 2 heteroatoms. The van der Waals surface area contributed by atoms with Crippen LogP contribution in [0.5, 0.6) is 0 Å². The van der Waals surface area contributed by atoms with Crippen LogP contribution in [0, 0.1) is 5.92 Å². The first-order chi connectivity index (χ1) is 5.49. The Hall–Kier alpha value is -0.0800. The summed E-state index contributed by atoms with van der Waals surface area (Å²) in [5.74, 6) is 0.656. The average molecular weight is 172 g/mol. The highest BCUT2D eigenvalue weighted by Crippen LogP contribution is 2.27. The molecule has 0 aromatic heterocycles. The van der Waals surface area contributed by atoms with Gasteiger partial charge < -0.3 is 9.84 Å². The molecule has 12 heavy (non-hydrogen) atoms. The third-order valence-corrected chi connectivity index (χ3v) is 2.40. The lowest BCUT2D eigenvalue weighted by Crippen LogP contribution is -2.38. The Morgan fingerprint density at radius 1 is 1.58 bits per heavy atom. The highest BCUT2D eigenvalue weighted by Gasteiger charge is 2.30. The van der Waals surface area contributed by atoms with Crippen molar-refractivity contribution in [2.75, 3.05) is 6.61 Å². The van der Waals surface area contributed by atoms with Gasteiger partial charge in [0.25, 0.3) is 0 Å². The molecule has 1 aliphatic heterocycles. The van der Waals surface area contributed by atoms with E-state index in [1.807, 2.05) is 6.92 Å². The van der Waals surface area contributed by atoms with Gasteiger partial charge in [0.1, 0.15) is 0 Å². The van der Waals surface area contributed by atoms with Gasteiger partial charge >= 0.3 is 0 Å². The summed E-state index contributed by atoms with van der Waals surface area (Å²) >= 11 is 0. The van der Waals surface area contributed by atoms with Gasteiger partial charge in [-0.3, -0.25) is 0 Å². The van der Waals surface area contributed by atoms with Gasteiger partial charge in [-0.25, -0.2) is 0 Å². The largest absolute Gasteiger partial charge is 0.390 e. The maximum atomic E-state index is 9.78. The van der Waals surface area contributed by atoms with E-state index < -0.39 is 5.60 Å². The Morgan fingerprint density at radius 3 is 2.75 bits per heavy atom. The maximum Gasteiger partial charge on any atom is 0.0666 e. The minimum absolute atomic E-state index is 0.272. The second-order valence-corrected chi connectivity index (χ2v) is 4.57. The zero-order chi connectivity index (χ0) is 9.19. The van der Waals surface area contributed by atoms with Crippen molar-refractivity contribution < 1.29 is 9.84 Å². The number of ether oxygens (including phenoxy) is 1. The molecule has 0 aliphatic carbocycles. The molecule has 0 bridgehead atoms. The van der Waals surface area contributed by atoms with Crippen LogP contribution in [-0.4, -0.2) is 23.4 Å². The zero-order valence-corrected chi connectivity index (χ0v) is 8.34. The van der Waals surface area contributed by atoms with Gasteiger partial charge in [-0.1, -0.05) is 13.8 Å². The number of hydrogen-bond donors (Lipinski definition) is 1. The lowest BCUT2D eigenvalue weighted by molar-refractivity contribution is -0.0985. The lowest BCUT2D eigenvalue weighted by Gasteiger charge is -2.34. The first kappa shape index (κ1) is 10.0. The monoisotopic (exact) mass is 172 g/mol. The summed E-state index contributed by atoms with van der Waals surface area (Å²) in [5, 5.41) is 9.78. The van der Waals surface area contributed by atoms with Gasteiger partial charge in [0.2, 0.25) is 0 Å². The summed E-state index contributed by atoms with van der Waals surface area (Å²) in [6.45, 7) is 6.99. The minimum Gasteiger partial charge on any atom is -0.390 e. The second-order valence-electron chi connectivity index (χ2n) is 4.57. The van der Waals surface area contributed by atoms with Crippen molar-refractivity contribution in [3.63, 3.8) is 0 Å². The van der Waals surface area contributed by atoms with Crippen molar-refractivity contribution in [2.24, 2.45) is 5.92 Å². The van der Waals surface area contributed by atoms with Crippen molar-refractivity contribution in [1.29, 1.82) is 0 Å². The Morgan fingerprint density at radius 2 is 2.25 bits per heavy atom. The molecule has 1 saturated heterocycles. The van der Waals surface area contributed by atoms with Gasteiger partial charge in [-0.15, -0.1) is 0 Å². The smallest absolute Gasteiger partial charge is 0.0666 e. The molecule has 1 fully saturated rings.